The molecule has 0 unspecified atom stereocenters. The van der Waals surface area contributed by atoms with Gasteiger partial charge in [0.05, 0.1) is 5.69 Å². The van der Waals surface area contributed by atoms with Crippen LogP contribution in [0.3, 0.4) is 0 Å². The number of pyridine rings is 1. The van der Waals surface area contributed by atoms with Crippen molar-refractivity contribution >= 4 is 23.3 Å². The van der Waals surface area contributed by atoms with Crippen LogP contribution in [0.25, 0.3) is 0 Å². The zero-order valence-electron chi connectivity index (χ0n) is 15.6. The third kappa shape index (κ3) is 4.28. The summed E-state index contributed by atoms with van der Waals surface area (Å²) in [4.78, 5) is 23.8. The van der Waals surface area contributed by atoms with E-state index in [9.17, 15) is 4.79 Å². The molecular formula is C21H25N3O2. The van der Waals surface area contributed by atoms with Crippen LogP contribution in [0.15, 0.2) is 53.7 Å². The standard InChI is InChI=1S/C21H25N3O2/c1-21(2,3)26-20(25)24(16-10-5-4-6-11-16)19-17(12-9-15-23-19)18-13-7-8-14-22-18/h4-6,9-12,15H,7-8,13-14H2,1-3H3. The monoisotopic (exact) mass is 351 g/mol. The van der Waals surface area contributed by atoms with Gasteiger partial charge < -0.3 is 4.74 Å². The van der Waals surface area contributed by atoms with Crippen molar-refractivity contribution in [1.29, 1.82) is 0 Å². The molecular weight excluding hydrogens is 326 g/mol. The smallest absolute Gasteiger partial charge is 0.420 e. The summed E-state index contributed by atoms with van der Waals surface area (Å²) in [7, 11) is 0. The molecule has 3 rings (SSSR count). The summed E-state index contributed by atoms with van der Waals surface area (Å²) in [6.07, 6.45) is 4.36. The van der Waals surface area contributed by atoms with Gasteiger partial charge in [-0.25, -0.2) is 14.7 Å². The molecule has 1 aliphatic rings. The summed E-state index contributed by atoms with van der Waals surface area (Å²) < 4.78 is 5.66. The summed E-state index contributed by atoms with van der Waals surface area (Å²) in [6, 6.07) is 13.3. The number of para-hydroxylation sites is 1. The highest BCUT2D eigenvalue weighted by molar-refractivity contribution is 6.08. The first kappa shape index (κ1) is 18.1. The highest BCUT2D eigenvalue weighted by atomic mass is 16.6. The molecule has 0 radical (unpaired) electrons. The van der Waals surface area contributed by atoms with Crippen molar-refractivity contribution < 1.29 is 9.53 Å². The lowest BCUT2D eigenvalue weighted by atomic mass is 10.0. The van der Waals surface area contributed by atoms with E-state index >= 15 is 0 Å². The Labute approximate surface area is 154 Å². The molecule has 5 nitrogen and oxygen atoms in total. The maximum atomic E-state index is 13.0. The lowest BCUT2D eigenvalue weighted by Crippen LogP contribution is -2.35. The zero-order chi connectivity index (χ0) is 18.6. The number of carbonyl (C=O) groups excluding carboxylic acids is 1. The van der Waals surface area contributed by atoms with Gasteiger partial charge in [-0.05, 0) is 64.3 Å². The van der Waals surface area contributed by atoms with Gasteiger partial charge in [0, 0.05) is 24.0 Å². The number of hydrogen-bond acceptors (Lipinski definition) is 4. The Morgan fingerprint density at radius 2 is 1.85 bits per heavy atom. The minimum absolute atomic E-state index is 0.444. The third-order valence-corrected chi connectivity index (χ3v) is 4.02. The van der Waals surface area contributed by atoms with Gasteiger partial charge in [-0.1, -0.05) is 18.2 Å². The van der Waals surface area contributed by atoms with Gasteiger partial charge in [-0.3, -0.25) is 4.99 Å². The van der Waals surface area contributed by atoms with E-state index in [0.717, 1.165) is 42.8 Å². The lowest BCUT2D eigenvalue weighted by Gasteiger charge is -2.28. The van der Waals surface area contributed by atoms with Crippen LogP contribution in [0.2, 0.25) is 0 Å². The normalized spacial score (nSPS) is 14.5. The first-order valence-electron chi connectivity index (χ1n) is 9.02. The average Bonchev–Trinajstić information content (AvgIpc) is 2.62. The van der Waals surface area contributed by atoms with Gasteiger partial charge in [0.15, 0.2) is 5.82 Å². The van der Waals surface area contributed by atoms with E-state index in [1.807, 2.05) is 63.2 Å². The molecule has 2 aromatic rings. The number of amides is 1. The van der Waals surface area contributed by atoms with Gasteiger partial charge in [-0.2, -0.15) is 0 Å². The Morgan fingerprint density at radius 3 is 2.50 bits per heavy atom. The fourth-order valence-corrected chi connectivity index (χ4v) is 2.92. The number of carbonyl (C=O) groups is 1. The summed E-state index contributed by atoms with van der Waals surface area (Å²) >= 11 is 0. The van der Waals surface area contributed by atoms with Crippen molar-refractivity contribution in [2.24, 2.45) is 4.99 Å². The van der Waals surface area contributed by atoms with Crippen molar-refractivity contribution in [3.63, 3.8) is 0 Å². The van der Waals surface area contributed by atoms with Crippen molar-refractivity contribution in [3.05, 3.63) is 54.2 Å². The minimum atomic E-state index is -0.596. The molecule has 5 heteroatoms. The highest BCUT2D eigenvalue weighted by Gasteiger charge is 2.28. The second kappa shape index (κ2) is 7.68. The van der Waals surface area contributed by atoms with Crippen LogP contribution in [-0.2, 0) is 4.74 Å². The molecule has 1 aromatic heterocycles. The van der Waals surface area contributed by atoms with Crippen LogP contribution in [0, 0.1) is 0 Å². The largest absolute Gasteiger partial charge is 0.443 e. The number of aliphatic imine (C=N–C) groups is 1. The van der Waals surface area contributed by atoms with Gasteiger partial charge in [0.1, 0.15) is 5.60 Å². The Kier molecular flexibility index (Phi) is 5.35. The molecule has 0 saturated carbocycles. The molecule has 0 spiro atoms. The quantitative estimate of drug-likeness (QED) is 0.770. The third-order valence-electron chi connectivity index (χ3n) is 4.02. The molecule has 136 valence electrons. The van der Waals surface area contributed by atoms with Gasteiger partial charge in [-0.15, -0.1) is 0 Å². The minimum Gasteiger partial charge on any atom is -0.443 e. The zero-order valence-corrected chi connectivity index (χ0v) is 15.6. The summed E-state index contributed by atoms with van der Waals surface area (Å²) in [5.41, 5.74) is 2.02. The molecule has 0 bridgehead atoms. The van der Waals surface area contributed by atoms with Crippen molar-refractivity contribution in [3.8, 4) is 0 Å². The van der Waals surface area contributed by atoms with E-state index in [0.29, 0.717) is 5.82 Å². The number of ether oxygens (including phenoxy) is 1. The fraction of sp³-hybridized carbons (Fsp3) is 0.381. The number of hydrogen-bond donors (Lipinski definition) is 0. The number of aromatic nitrogens is 1. The molecule has 0 aliphatic carbocycles. The van der Waals surface area contributed by atoms with Crippen LogP contribution >= 0.6 is 0 Å². The SMILES string of the molecule is CC(C)(C)OC(=O)N(c1ccccc1)c1ncccc1C1=NCCCC1. The van der Waals surface area contributed by atoms with Crippen LogP contribution < -0.4 is 4.90 Å². The molecule has 1 amide bonds. The van der Waals surface area contributed by atoms with Crippen molar-refractivity contribution in [2.75, 3.05) is 11.4 Å². The molecule has 1 aromatic carbocycles. The van der Waals surface area contributed by atoms with E-state index in [4.69, 9.17) is 4.74 Å². The fourth-order valence-electron chi connectivity index (χ4n) is 2.92. The summed E-state index contributed by atoms with van der Waals surface area (Å²) in [6.45, 7) is 6.40. The number of benzene rings is 1. The van der Waals surface area contributed by atoms with Crippen LogP contribution in [0.5, 0.6) is 0 Å². The van der Waals surface area contributed by atoms with E-state index in [1.54, 1.807) is 6.20 Å². The molecule has 0 saturated heterocycles. The molecule has 0 N–H and O–H groups in total. The van der Waals surface area contributed by atoms with Crippen LogP contribution in [0.1, 0.15) is 45.6 Å². The van der Waals surface area contributed by atoms with E-state index in [1.165, 1.54) is 4.90 Å². The number of anilines is 2. The molecule has 2 heterocycles. The van der Waals surface area contributed by atoms with E-state index in [2.05, 4.69) is 9.98 Å². The van der Waals surface area contributed by atoms with Crippen LogP contribution in [-0.4, -0.2) is 28.9 Å². The van der Waals surface area contributed by atoms with Crippen molar-refractivity contribution in [2.45, 2.75) is 45.6 Å². The second-order valence-corrected chi connectivity index (χ2v) is 7.31. The number of rotatable bonds is 3. The van der Waals surface area contributed by atoms with Gasteiger partial charge >= 0.3 is 6.09 Å². The summed E-state index contributed by atoms with van der Waals surface area (Å²) in [5.74, 6) is 0.564. The van der Waals surface area contributed by atoms with Crippen LogP contribution in [0.4, 0.5) is 16.3 Å². The maximum Gasteiger partial charge on any atom is 0.420 e. The van der Waals surface area contributed by atoms with Gasteiger partial charge in [0.25, 0.3) is 0 Å². The predicted molar refractivity (Wildman–Crippen MR) is 104 cm³/mol. The summed E-state index contributed by atoms with van der Waals surface area (Å²) in [5, 5.41) is 0. The van der Waals surface area contributed by atoms with E-state index < -0.39 is 11.7 Å². The molecule has 26 heavy (non-hydrogen) atoms. The Hall–Kier alpha value is -2.69. The van der Waals surface area contributed by atoms with Crippen molar-refractivity contribution in [1.82, 2.24) is 4.98 Å². The second-order valence-electron chi connectivity index (χ2n) is 7.31. The molecule has 0 atom stereocenters. The lowest BCUT2D eigenvalue weighted by molar-refractivity contribution is 0.0598. The number of nitrogens with zero attached hydrogens (tertiary/aromatic N) is 3. The predicted octanol–water partition coefficient (Wildman–Crippen LogP) is 5.13. The highest BCUT2D eigenvalue weighted by Crippen LogP contribution is 2.30. The topological polar surface area (TPSA) is 54.8 Å². The first-order valence-corrected chi connectivity index (χ1v) is 9.02. The Bertz CT molecular complexity index is 794. The maximum absolute atomic E-state index is 13.0. The molecule has 0 fully saturated rings. The molecule has 1 aliphatic heterocycles. The Morgan fingerprint density at radius 1 is 1.08 bits per heavy atom. The van der Waals surface area contributed by atoms with E-state index in [-0.39, 0.29) is 0 Å². The van der Waals surface area contributed by atoms with Gasteiger partial charge in [0.2, 0.25) is 0 Å². The first-order chi connectivity index (χ1) is 12.5. The Balaban J connectivity index is 2.08. The average molecular weight is 351 g/mol.